The summed E-state index contributed by atoms with van der Waals surface area (Å²) < 4.78 is 5.46. The fourth-order valence-corrected chi connectivity index (χ4v) is 3.19. The van der Waals surface area contributed by atoms with Crippen LogP contribution < -0.4 is 5.32 Å². The van der Waals surface area contributed by atoms with Crippen molar-refractivity contribution in [1.82, 2.24) is 5.32 Å². The van der Waals surface area contributed by atoms with Crippen molar-refractivity contribution in [2.75, 3.05) is 13.2 Å². The lowest BCUT2D eigenvalue weighted by atomic mass is 9.82. The van der Waals surface area contributed by atoms with Crippen molar-refractivity contribution in [3.63, 3.8) is 0 Å². The first-order valence-electron chi connectivity index (χ1n) is 8.00. The SMILES string of the molecule is O=C(NC1(c2ccc(Cl)cc2)CCOCC1)C(O)c1ccccc1. The van der Waals surface area contributed by atoms with Gasteiger partial charge in [-0.15, -0.1) is 0 Å². The number of carbonyl (C=O) groups excluding carboxylic acids is 1. The molecule has 1 amide bonds. The van der Waals surface area contributed by atoms with Crippen molar-refractivity contribution >= 4 is 17.5 Å². The minimum atomic E-state index is -1.20. The van der Waals surface area contributed by atoms with Gasteiger partial charge < -0.3 is 15.2 Å². The molecular formula is C19H20ClNO3. The third-order valence-corrected chi connectivity index (χ3v) is 4.72. The van der Waals surface area contributed by atoms with Gasteiger partial charge in [0.1, 0.15) is 0 Å². The summed E-state index contributed by atoms with van der Waals surface area (Å²) in [6.45, 7) is 1.12. The Labute approximate surface area is 146 Å². The predicted octanol–water partition coefficient (Wildman–Crippen LogP) is 3.20. The van der Waals surface area contributed by atoms with Crippen LogP contribution in [0.25, 0.3) is 0 Å². The molecule has 1 aliphatic heterocycles. The van der Waals surface area contributed by atoms with E-state index in [-0.39, 0.29) is 0 Å². The summed E-state index contributed by atoms with van der Waals surface area (Å²) in [5.41, 5.74) is 1.01. The van der Waals surface area contributed by atoms with Crippen LogP contribution in [0, 0.1) is 0 Å². The van der Waals surface area contributed by atoms with Gasteiger partial charge in [0, 0.05) is 18.2 Å². The monoisotopic (exact) mass is 345 g/mol. The van der Waals surface area contributed by atoms with Crippen molar-refractivity contribution in [3.05, 3.63) is 70.7 Å². The van der Waals surface area contributed by atoms with Gasteiger partial charge in [0.15, 0.2) is 6.10 Å². The van der Waals surface area contributed by atoms with E-state index in [9.17, 15) is 9.90 Å². The summed E-state index contributed by atoms with van der Waals surface area (Å²) in [5, 5.41) is 14.1. The topological polar surface area (TPSA) is 58.6 Å². The van der Waals surface area contributed by atoms with Crippen LogP contribution in [0.4, 0.5) is 0 Å². The molecule has 24 heavy (non-hydrogen) atoms. The third kappa shape index (κ3) is 3.61. The third-order valence-electron chi connectivity index (χ3n) is 4.47. The molecule has 0 aromatic heterocycles. The van der Waals surface area contributed by atoms with E-state index < -0.39 is 17.6 Å². The number of nitrogens with one attached hydrogen (secondary N) is 1. The molecule has 1 saturated heterocycles. The Morgan fingerprint density at radius 3 is 2.33 bits per heavy atom. The Balaban J connectivity index is 1.84. The summed E-state index contributed by atoms with van der Waals surface area (Å²) in [5.74, 6) is -0.405. The number of amides is 1. The number of halogens is 1. The lowest BCUT2D eigenvalue weighted by Gasteiger charge is -2.39. The molecule has 2 aromatic rings. The van der Waals surface area contributed by atoms with E-state index in [0.29, 0.717) is 36.6 Å². The highest BCUT2D eigenvalue weighted by molar-refractivity contribution is 6.30. The van der Waals surface area contributed by atoms with Gasteiger partial charge >= 0.3 is 0 Å². The van der Waals surface area contributed by atoms with Gasteiger partial charge in [0.05, 0.1) is 5.54 Å². The molecule has 0 bridgehead atoms. The van der Waals surface area contributed by atoms with Gasteiger partial charge in [-0.1, -0.05) is 54.1 Å². The molecule has 0 spiro atoms. The van der Waals surface area contributed by atoms with Gasteiger partial charge in [-0.05, 0) is 36.1 Å². The number of benzene rings is 2. The molecular weight excluding hydrogens is 326 g/mol. The van der Waals surface area contributed by atoms with E-state index >= 15 is 0 Å². The van der Waals surface area contributed by atoms with Crippen molar-refractivity contribution in [2.45, 2.75) is 24.5 Å². The molecule has 126 valence electrons. The maximum Gasteiger partial charge on any atom is 0.254 e. The van der Waals surface area contributed by atoms with Crippen LogP contribution in [-0.2, 0) is 15.1 Å². The van der Waals surface area contributed by atoms with Crippen LogP contribution in [0.2, 0.25) is 5.02 Å². The number of aliphatic hydroxyl groups is 1. The van der Waals surface area contributed by atoms with Crippen LogP contribution in [-0.4, -0.2) is 24.2 Å². The summed E-state index contributed by atoms with van der Waals surface area (Å²) in [6.07, 6.45) is 0.113. The predicted molar refractivity (Wildman–Crippen MR) is 92.7 cm³/mol. The van der Waals surface area contributed by atoms with Crippen molar-refractivity contribution < 1.29 is 14.6 Å². The highest BCUT2D eigenvalue weighted by atomic mass is 35.5. The quantitative estimate of drug-likeness (QED) is 0.894. The first-order valence-corrected chi connectivity index (χ1v) is 8.37. The van der Waals surface area contributed by atoms with Crippen LogP contribution in [0.15, 0.2) is 54.6 Å². The smallest absolute Gasteiger partial charge is 0.254 e. The maximum atomic E-state index is 12.6. The first kappa shape index (κ1) is 17.0. The molecule has 0 aliphatic carbocycles. The second kappa shape index (κ2) is 7.34. The Kier molecular flexibility index (Phi) is 5.19. The average Bonchev–Trinajstić information content (AvgIpc) is 2.63. The minimum Gasteiger partial charge on any atom is -0.381 e. The van der Waals surface area contributed by atoms with Crippen molar-refractivity contribution in [3.8, 4) is 0 Å². The fourth-order valence-electron chi connectivity index (χ4n) is 3.07. The second-order valence-electron chi connectivity index (χ2n) is 6.00. The van der Waals surface area contributed by atoms with E-state index in [4.69, 9.17) is 16.3 Å². The van der Waals surface area contributed by atoms with Gasteiger partial charge in [-0.2, -0.15) is 0 Å². The lowest BCUT2D eigenvalue weighted by molar-refractivity contribution is -0.133. The Bertz CT molecular complexity index is 682. The van der Waals surface area contributed by atoms with E-state index in [1.165, 1.54) is 0 Å². The molecule has 1 unspecified atom stereocenters. The van der Waals surface area contributed by atoms with Crippen molar-refractivity contribution in [1.29, 1.82) is 0 Å². The van der Waals surface area contributed by atoms with Crippen molar-refractivity contribution in [2.24, 2.45) is 0 Å². The molecule has 1 aliphatic rings. The minimum absolute atomic E-state index is 0.405. The molecule has 4 nitrogen and oxygen atoms in total. The van der Waals surface area contributed by atoms with Gasteiger partial charge in [0.25, 0.3) is 5.91 Å². The molecule has 1 heterocycles. The molecule has 3 rings (SSSR count). The normalized spacial score (nSPS) is 17.9. The molecule has 0 radical (unpaired) electrons. The number of rotatable bonds is 4. The average molecular weight is 346 g/mol. The zero-order valence-electron chi connectivity index (χ0n) is 13.2. The van der Waals surface area contributed by atoms with Crippen LogP contribution in [0.5, 0.6) is 0 Å². The number of hydrogen-bond donors (Lipinski definition) is 2. The summed E-state index contributed by atoms with van der Waals surface area (Å²) in [7, 11) is 0. The Morgan fingerprint density at radius 1 is 1.08 bits per heavy atom. The number of ether oxygens (including phenoxy) is 1. The molecule has 2 N–H and O–H groups in total. The zero-order chi connectivity index (χ0) is 17.0. The van der Waals surface area contributed by atoms with E-state index in [2.05, 4.69) is 5.32 Å². The molecule has 2 aromatic carbocycles. The fraction of sp³-hybridized carbons (Fsp3) is 0.316. The van der Waals surface area contributed by atoms with Gasteiger partial charge in [-0.25, -0.2) is 0 Å². The van der Waals surface area contributed by atoms with Crippen LogP contribution in [0.1, 0.15) is 30.1 Å². The van der Waals surface area contributed by atoms with Gasteiger partial charge in [-0.3, -0.25) is 4.79 Å². The van der Waals surface area contributed by atoms with Crippen LogP contribution in [0.3, 0.4) is 0 Å². The zero-order valence-corrected chi connectivity index (χ0v) is 14.0. The summed E-state index contributed by atoms with van der Waals surface area (Å²) >= 11 is 5.98. The Hall–Kier alpha value is -1.88. The second-order valence-corrected chi connectivity index (χ2v) is 6.44. The van der Waals surface area contributed by atoms with Crippen LogP contribution >= 0.6 is 11.6 Å². The standard InChI is InChI=1S/C19H20ClNO3/c20-16-8-6-15(7-9-16)19(10-12-24-13-11-19)21-18(23)17(22)14-4-2-1-3-5-14/h1-9,17,22H,10-13H2,(H,21,23). The molecule has 1 atom stereocenters. The van der Waals surface area contributed by atoms with E-state index in [1.807, 2.05) is 30.3 Å². The number of hydrogen-bond acceptors (Lipinski definition) is 3. The number of aliphatic hydroxyl groups excluding tert-OH is 1. The number of carbonyl (C=O) groups is 1. The summed E-state index contributed by atoms with van der Waals surface area (Å²) in [4.78, 5) is 12.6. The largest absolute Gasteiger partial charge is 0.381 e. The maximum absolute atomic E-state index is 12.6. The van der Waals surface area contributed by atoms with E-state index in [1.54, 1.807) is 24.3 Å². The van der Waals surface area contributed by atoms with Gasteiger partial charge in [0.2, 0.25) is 0 Å². The highest BCUT2D eigenvalue weighted by Crippen LogP contribution is 2.33. The molecule has 0 saturated carbocycles. The Morgan fingerprint density at radius 2 is 1.71 bits per heavy atom. The lowest BCUT2D eigenvalue weighted by Crippen LogP contribution is -2.50. The van der Waals surface area contributed by atoms with E-state index in [0.717, 1.165) is 5.56 Å². The first-order chi connectivity index (χ1) is 11.6. The summed E-state index contributed by atoms with van der Waals surface area (Å²) in [6, 6.07) is 16.4. The highest BCUT2D eigenvalue weighted by Gasteiger charge is 2.37. The molecule has 1 fully saturated rings. The molecule has 5 heteroatoms.